The summed E-state index contributed by atoms with van der Waals surface area (Å²) in [5.41, 5.74) is 1.43. The molecule has 1 aliphatic carbocycles. The Kier molecular flexibility index (Phi) is 3.27. The van der Waals surface area contributed by atoms with Crippen LogP contribution >= 0.6 is 0 Å². The smallest absolute Gasteiger partial charge is 0.232 e. The summed E-state index contributed by atoms with van der Waals surface area (Å²) in [6.07, 6.45) is 1.98. The van der Waals surface area contributed by atoms with Crippen molar-refractivity contribution in [3.63, 3.8) is 0 Å². The van der Waals surface area contributed by atoms with E-state index in [1.807, 2.05) is 45.0 Å². The Balaban J connectivity index is 1.82. The molecule has 1 heterocycles. The molecule has 21 heavy (non-hydrogen) atoms. The van der Waals surface area contributed by atoms with E-state index in [1.165, 1.54) is 0 Å². The van der Waals surface area contributed by atoms with Crippen molar-refractivity contribution in [1.29, 1.82) is 0 Å². The molecule has 5 nitrogen and oxygen atoms in total. The Labute approximate surface area is 123 Å². The highest BCUT2D eigenvalue weighted by Crippen LogP contribution is 2.31. The van der Waals surface area contributed by atoms with Gasteiger partial charge in [0, 0.05) is 22.6 Å². The van der Waals surface area contributed by atoms with E-state index < -0.39 is 0 Å². The van der Waals surface area contributed by atoms with Crippen LogP contribution in [-0.2, 0) is 10.2 Å². The van der Waals surface area contributed by atoms with Gasteiger partial charge in [0.1, 0.15) is 0 Å². The van der Waals surface area contributed by atoms with Crippen molar-refractivity contribution < 1.29 is 9.32 Å². The van der Waals surface area contributed by atoms with Gasteiger partial charge in [0.15, 0.2) is 0 Å². The van der Waals surface area contributed by atoms with E-state index in [-0.39, 0.29) is 17.2 Å². The first-order chi connectivity index (χ1) is 9.93. The van der Waals surface area contributed by atoms with Gasteiger partial charge in [-0.3, -0.25) is 4.79 Å². The van der Waals surface area contributed by atoms with Crippen LogP contribution in [0.3, 0.4) is 0 Å². The molecule has 0 radical (unpaired) electrons. The number of carbonyl (C=O) groups excluding carboxylic acids is 1. The number of amides is 1. The number of nitrogens with zero attached hydrogens (tertiary/aromatic N) is 2. The molecule has 0 aliphatic heterocycles. The number of hydrogen-bond donors (Lipinski definition) is 1. The van der Waals surface area contributed by atoms with Crippen LogP contribution in [0.1, 0.15) is 39.5 Å². The van der Waals surface area contributed by atoms with Crippen LogP contribution in [0, 0.1) is 5.92 Å². The van der Waals surface area contributed by atoms with Gasteiger partial charge >= 0.3 is 0 Å². The molecule has 1 saturated carbocycles. The molecule has 1 aromatic heterocycles. The fourth-order valence-corrected chi connectivity index (χ4v) is 1.97. The zero-order chi connectivity index (χ0) is 15.0. The molecule has 110 valence electrons. The van der Waals surface area contributed by atoms with Crippen LogP contribution < -0.4 is 5.32 Å². The standard InChI is InChI=1S/C16H19N3O2/c1-16(2,3)15-18-13(19-21-15)11-5-4-6-12(9-11)17-14(20)10-7-8-10/h4-6,9-10H,7-8H2,1-3H3,(H,17,20). The Morgan fingerprint density at radius 2 is 2.10 bits per heavy atom. The quantitative estimate of drug-likeness (QED) is 0.938. The predicted octanol–water partition coefficient (Wildman–Crippen LogP) is 3.38. The number of hydrogen-bond acceptors (Lipinski definition) is 4. The largest absolute Gasteiger partial charge is 0.338 e. The fourth-order valence-electron chi connectivity index (χ4n) is 1.97. The molecule has 0 atom stereocenters. The highest BCUT2D eigenvalue weighted by Gasteiger charge is 2.29. The summed E-state index contributed by atoms with van der Waals surface area (Å²) in [5, 5.41) is 6.95. The third-order valence-corrected chi connectivity index (χ3v) is 3.40. The average Bonchev–Trinajstić information content (AvgIpc) is 3.14. The minimum atomic E-state index is -0.178. The Hall–Kier alpha value is -2.17. The summed E-state index contributed by atoms with van der Waals surface area (Å²) in [5.74, 6) is 1.43. The molecule has 3 rings (SSSR count). The summed E-state index contributed by atoms with van der Waals surface area (Å²) >= 11 is 0. The molecular formula is C16H19N3O2. The summed E-state index contributed by atoms with van der Waals surface area (Å²) < 4.78 is 5.30. The zero-order valence-corrected chi connectivity index (χ0v) is 12.5. The molecule has 0 spiro atoms. The van der Waals surface area contributed by atoms with Crippen LogP contribution in [0.5, 0.6) is 0 Å². The first-order valence-corrected chi connectivity index (χ1v) is 7.19. The molecule has 2 aromatic rings. The molecule has 1 N–H and O–H groups in total. The van der Waals surface area contributed by atoms with Gasteiger partial charge in [0.05, 0.1) is 0 Å². The summed E-state index contributed by atoms with van der Waals surface area (Å²) in [6, 6.07) is 7.53. The maximum Gasteiger partial charge on any atom is 0.232 e. The van der Waals surface area contributed by atoms with Gasteiger partial charge in [-0.05, 0) is 25.0 Å². The van der Waals surface area contributed by atoms with Crippen molar-refractivity contribution in [3.05, 3.63) is 30.2 Å². The van der Waals surface area contributed by atoms with E-state index in [4.69, 9.17) is 4.52 Å². The van der Waals surface area contributed by atoms with Crippen LogP contribution in [0.4, 0.5) is 5.69 Å². The molecule has 1 fully saturated rings. The van der Waals surface area contributed by atoms with Crippen molar-refractivity contribution in [2.75, 3.05) is 5.32 Å². The van der Waals surface area contributed by atoms with E-state index in [2.05, 4.69) is 15.5 Å². The summed E-state index contributed by atoms with van der Waals surface area (Å²) in [7, 11) is 0. The van der Waals surface area contributed by atoms with Crippen LogP contribution in [0.15, 0.2) is 28.8 Å². The van der Waals surface area contributed by atoms with Gasteiger partial charge < -0.3 is 9.84 Å². The lowest BCUT2D eigenvalue weighted by molar-refractivity contribution is -0.117. The van der Waals surface area contributed by atoms with E-state index in [9.17, 15) is 4.79 Å². The number of carbonyl (C=O) groups is 1. The van der Waals surface area contributed by atoms with E-state index in [0.29, 0.717) is 11.7 Å². The predicted molar refractivity (Wildman–Crippen MR) is 79.8 cm³/mol. The lowest BCUT2D eigenvalue weighted by Crippen LogP contribution is -2.13. The Morgan fingerprint density at radius 1 is 1.33 bits per heavy atom. The third-order valence-electron chi connectivity index (χ3n) is 3.40. The topological polar surface area (TPSA) is 68.0 Å². The Morgan fingerprint density at radius 3 is 2.71 bits per heavy atom. The molecule has 1 amide bonds. The first-order valence-electron chi connectivity index (χ1n) is 7.19. The van der Waals surface area contributed by atoms with Crippen molar-refractivity contribution in [2.24, 2.45) is 5.92 Å². The number of benzene rings is 1. The maximum absolute atomic E-state index is 11.8. The normalized spacial score (nSPS) is 15.0. The number of aromatic nitrogens is 2. The lowest BCUT2D eigenvalue weighted by atomic mass is 9.97. The van der Waals surface area contributed by atoms with E-state index >= 15 is 0 Å². The molecule has 0 unspecified atom stereocenters. The minimum absolute atomic E-state index is 0.0932. The second-order valence-corrected chi connectivity index (χ2v) is 6.52. The van der Waals surface area contributed by atoms with Gasteiger partial charge in [-0.2, -0.15) is 4.98 Å². The second kappa shape index (κ2) is 4.98. The molecule has 1 aromatic carbocycles. The average molecular weight is 285 g/mol. The number of nitrogens with one attached hydrogen (secondary N) is 1. The molecule has 0 saturated heterocycles. The van der Waals surface area contributed by atoms with Crippen molar-refractivity contribution in [2.45, 2.75) is 39.0 Å². The minimum Gasteiger partial charge on any atom is -0.338 e. The van der Waals surface area contributed by atoms with Gasteiger partial charge in [-0.25, -0.2) is 0 Å². The highest BCUT2D eigenvalue weighted by atomic mass is 16.5. The fraction of sp³-hybridized carbons (Fsp3) is 0.438. The zero-order valence-electron chi connectivity index (χ0n) is 12.5. The van der Waals surface area contributed by atoms with E-state index in [1.54, 1.807) is 0 Å². The third kappa shape index (κ3) is 3.12. The molecule has 1 aliphatic rings. The van der Waals surface area contributed by atoms with Gasteiger partial charge in [0.25, 0.3) is 0 Å². The Bertz CT molecular complexity index is 666. The molecular weight excluding hydrogens is 266 g/mol. The summed E-state index contributed by atoms with van der Waals surface area (Å²) in [6.45, 7) is 6.07. The van der Waals surface area contributed by atoms with Gasteiger partial charge in [0.2, 0.25) is 17.6 Å². The van der Waals surface area contributed by atoms with Crippen molar-refractivity contribution in [3.8, 4) is 11.4 Å². The van der Waals surface area contributed by atoms with Crippen LogP contribution in [0.2, 0.25) is 0 Å². The number of rotatable bonds is 3. The first kappa shape index (κ1) is 13.8. The lowest BCUT2D eigenvalue weighted by Gasteiger charge is -2.10. The second-order valence-electron chi connectivity index (χ2n) is 6.52. The van der Waals surface area contributed by atoms with Gasteiger partial charge in [-0.15, -0.1) is 0 Å². The van der Waals surface area contributed by atoms with Gasteiger partial charge in [-0.1, -0.05) is 38.1 Å². The SMILES string of the molecule is CC(C)(C)c1nc(-c2cccc(NC(=O)C3CC3)c2)no1. The number of anilines is 1. The monoisotopic (exact) mass is 285 g/mol. The highest BCUT2D eigenvalue weighted by molar-refractivity contribution is 5.94. The van der Waals surface area contributed by atoms with Crippen LogP contribution in [-0.4, -0.2) is 16.0 Å². The summed E-state index contributed by atoms with van der Waals surface area (Å²) in [4.78, 5) is 16.2. The van der Waals surface area contributed by atoms with Crippen molar-refractivity contribution in [1.82, 2.24) is 10.1 Å². The van der Waals surface area contributed by atoms with Crippen LogP contribution in [0.25, 0.3) is 11.4 Å². The van der Waals surface area contributed by atoms with Crippen molar-refractivity contribution >= 4 is 11.6 Å². The molecule has 0 bridgehead atoms. The van der Waals surface area contributed by atoms with E-state index in [0.717, 1.165) is 24.1 Å². The molecule has 5 heteroatoms. The maximum atomic E-state index is 11.8.